The van der Waals surface area contributed by atoms with Gasteiger partial charge in [0.05, 0.1) is 29.9 Å². The maximum absolute atomic E-state index is 12.6. The zero-order valence-corrected chi connectivity index (χ0v) is 17.2. The highest BCUT2D eigenvalue weighted by Gasteiger charge is 2.24. The summed E-state index contributed by atoms with van der Waals surface area (Å²) in [5.74, 6) is -0.754. The molecule has 0 radical (unpaired) electrons. The first-order chi connectivity index (χ1) is 16.0. The average molecular weight is 452 g/mol. The van der Waals surface area contributed by atoms with Gasteiger partial charge >= 0.3 is 6.43 Å². The molecule has 12 heteroatoms. The molecule has 4 heterocycles. The van der Waals surface area contributed by atoms with Crippen molar-refractivity contribution < 1.29 is 18.0 Å². The predicted molar refractivity (Wildman–Crippen MR) is 112 cm³/mol. The van der Waals surface area contributed by atoms with E-state index in [-0.39, 0.29) is 17.7 Å². The normalized spacial score (nSPS) is 13.8. The minimum atomic E-state index is -2.82. The zero-order valence-electron chi connectivity index (χ0n) is 17.2. The number of nitrogens with zero attached hydrogens (tertiary/aromatic N) is 6. The van der Waals surface area contributed by atoms with Gasteiger partial charge in [0.1, 0.15) is 5.69 Å². The Morgan fingerprint density at radius 3 is 2.76 bits per heavy atom. The van der Waals surface area contributed by atoms with Crippen molar-refractivity contribution in [2.24, 2.45) is 5.92 Å². The lowest BCUT2D eigenvalue weighted by molar-refractivity contribution is -0.121. The third-order valence-electron chi connectivity index (χ3n) is 5.14. The number of rotatable bonds is 7. The molecule has 1 aliphatic heterocycles. The van der Waals surface area contributed by atoms with Crippen LogP contribution in [0.15, 0.2) is 53.2 Å². The Morgan fingerprint density at radius 1 is 1.18 bits per heavy atom. The molecule has 0 bridgehead atoms. The average Bonchev–Trinajstić information content (AvgIpc) is 3.43. The van der Waals surface area contributed by atoms with Gasteiger partial charge in [-0.05, 0) is 24.3 Å². The van der Waals surface area contributed by atoms with Gasteiger partial charge in [-0.3, -0.25) is 9.78 Å². The molecule has 4 aromatic rings. The van der Waals surface area contributed by atoms with Crippen molar-refractivity contribution in [1.29, 1.82) is 0 Å². The number of anilines is 1. The number of hydrogen-bond donors (Lipinski definition) is 2. The van der Waals surface area contributed by atoms with Crippen LogP contribution >= 0.6 is 0 Å². The second kappa shape index (κ2) is 8.82. The van der Waals surface area contributed by atoms with Crippen LogP contribution in [0.4, 0.5) is 14.5 Å². The zero-order chi connectivity index (χ0) is 22.8. The summed E-state index contributed by atoms with van der Waals surface area (Å²) in [6.45, 7) is 1.74. The summed E-state index contributed by atoms with van der Waals surface area (Å²) in [6.07, 6.45) is 0.427. The Bertz CT molecular complexity index is 1270. The van der Waals surface area contributed by atoms with Crippen LogP contribution < -0.4 is 10.6 Å². The summed E-state index contributed by atoms with van der Waals surface area (Å²) in [7, 11) is 0. The fraction of sp³-hybridized carbons (Fsp3) is 0.238. The van der Waals surface area contributed by atoms with Crippen LogP contribution in [0.2, 0.25) is 0 Å². The molecule has 33 heavy (non-hydrogen) atoms. The monoisotopic (exact) mass is 452 g/mol. The van der Waals surface area contributed by atoms with Gasteiger partial charge < -0.3 is 15.1 Å². The third-order valence-corrected chi connectivity index (χ3v) is 5.14. The van der Waals surface area contributed by atoms with Crippen LogP contribution in [0.3, 0.4) is 0 Å². The van der Waals surface area contributed by atoms with Gasteiger partial charge in [0, 0.05) is 30.5 Å². The first-order valence-electron chi connectivity index (χ1n) is 10.1. The van der Waals surface area contributed by atoms with E-state index in [1.165, 1.54) is 6.20 Å². The molecule has 168 valence electrons. The maximum atomic E-state index is 12.6. The quantitative estimate of drug-likeness (QED) is 0.439. The van der Waals surface area contributed by atoms with E-state index < -0.39 is 12.3 Å². The number of nitrogens with one attached hydrogen (secondary N) is 2. The van der Waals surface area contributed by atoms with Gasteiger partial charge in [-0.25, -0.2) is 4.68 Å². The van der Waals surface area contributed by atoms with Gasteiger partial charge in [-0.15, -0.1) is 15.3 Å². The van der Waals surface area contributed by atoms with Crippen molar-refractivity contribution in [3.8, 4) is 22.7 Å². The highest BCUT2D eigenvalue weighted by atomic mass is 19.3. The smallest absolute Gasteiger partial charge is 0.314 e. The van der Waals surface area contributed by atoms with Crippen molar-refractivity contribution in [1.82, 2.24) is 35.5 Å². The van der Waals surface area contributed by atoms with Crippen molar-refractivity contribution in [3.63, 3.8) is 0 Å². The molecule has 0 spiro atoms. The van der Waals surface area contributed by atoms with Crippen LogP contribution in [-0.4, -0.2) is 49.2 Å². The van der Waals surface area contributed by atoms with Gasteiger partial charge in [-0.1, -0.05) is 17.3 Å². The van der Waals surface area contributed by atoms with Crippen LogP contribution in [0.25, 0.3) is 22.7 Å². The number of carbonyl (C=O) groups is 1. The highest BCUT2D eigenvalue weighted by Crippen LogP contribution is 2.24. The molecule has 1 saturated heterocycles. The number of pyridine rings is 1. The molecule has 0 aliphatic carbocycles. The van der Waals surface area contributed by atoms with E-state index in [1.54, 1.807) is 23.0 Å². The van der Waals surface area contributed by atoms with E-state index in [1.807, 2.05) is 24.3 Å². The summed E-state index contributed by atoms with van der Waals surface area (Å²) < 4.78 is 31.8. The molecule has 0 atom stereocenters. The first-order valence-corrected chi connectivity index (χ1v) is 10.1. The predicted octanol–water partition coefficient (Wildman–Crippen LogP) is 2.53. The molecule has 5 rings (SSSR count). The van der Waals surface area contributed by atoms with Crippen molar-refractivity contribution in [2.75, 3.05) is 18.4 Å². The second-order valence-corrected chi connectivity index (χ2v) is 7.51. The SMILES string of the molecule is O=C(Nc1cccc(-c2cn(Cc3ccc(-c4nnc(C(F)F)o4)cn3)nn2)c1)C1CNC1. The fourth-order valence-electron chi connectivity index (χ4n) is 3.23. The number of halogens is 2. The Hall–Kier alpha value is -4.06. The number of amides is 1. The summed E-state index contributed by atoms with van der Waals surface area (Å²) in [5.41, 5.74) is 3.29. The summed E-state index contributed by atoms with van der Waals surface area (Å²) in [4.78, 5) is 16.5. The number of alkyl halides is 2. The van der Waals surface area contributed by atoms with E-state index in [2.05, 4.69) is 36.1 Å². The number of aromatic nitrogens is 6. The van der Waals surface area contributed by atoms with E-state index in [9.17, 15) is 13.6 Å². The lowest BCUT2D eigenvalue weighted by Gasteiger charge is -2.25. The fourth-order valence-corrected chi connectivity index (χ4v) is 3.23. The molecular weight excluding hydrogens is 434 g/mol. The number of benzene rings is 1. The van der Waals surface area contributed by atoms with Gasteiger partial charge in [-0.2, -0.15) is 8.78 Å². The lowest BCUT2D eigenvalue weighted by atomic mass is 10.0. The molecule has 10 nitrogen and oxygen atoms in total. The Labute approximate surface area is 186 Å². The van der Waals surface area contributed by atoms with Crippen molar-refractivity contribution >= 4 is 11.6 Å². The summed E-state index contributed by atoms with van der Waals surface area (Å²) in [6, 6.07) is 10.8. The van der Waals surface area contributed by atoms with Crippen molar-refractivity contribution in [2.45, 2.75) is 13.0 Å². The lowest BCUT2D eigenvalue weighted by Crippen LogP contribution is -2.48. The standard InChI is InChI=1S/C21H18F2N8O2/c22-18(23)21-29-28-20(33-21)13-4-5-16(25-9-13)10-31-11-17(27-30-31)12-2-1-3-15(6-12)26-19(32)14-7-24-8-14/h1-6,9,11,14,18,24H,7-8,10H2,(H,26,32). The van der Waals surface area contributed by atoms with E-state index >= 15 is 0 Å². The molecule has 3 aromatic heterocycles. The Balaban J connectivity index is 1.25. The highest BCUT2D eigenvalue weighted by molar-refractivity contribution is 5.94. The van der Waals surface area contributed by atoms with Crippen LogP contribution in [0, 0.1) is 5.92 Å². The largest absolute Gasteiger partial charge is 0.415 e. The molecule has 1 aromatic carbocycles. The summed E-state index contributed by atoms with van der Waals surface area (Å²) in [5, 5.41) is 21.3. The van der Waals surface area contributed by atoms with E-state index in [0.29, 0.717) is 42.3 Å². The number of hydrogen-bond acceptors (Lipinski definition) is 8. The number of carbonyl (C=O) groups excluding carboxylic acids is 1. The van der Waals surface area contributed by atoms with Crippen LogP contribution in [0.1, 0.15) is 18.0 Å². The minimum absolute atomic E-state index is 0.000365. The van der Waals surface area contributed by atoms with E-state index in [4.69, 9.17) is 4.42 Å². The molecule has 2 N–H and O–H groups in total. The third kappa shape index (κ3) is 4.60. The van der Waals surface area contributed by atoms with Gasteiger partial charge in [0.2, 0.25) is 11.8 Å². The van der Waals surface area contributed by atoms with Gasteiger partial charge in [0.15, 0.2) is 0 Å². The molecular formula is C21H18F2N8O2. The maximum Gasteiger partial charge on any atom is 0.314 e. The topological polar surface area (TPSA) is 124 Å². The van der Waals surface area contributed by atoms with Crippen LogP contribution in [0.5, 0.6) is 0 Å². The van der Waals surface area contributed by atoms with Gasteiger partial charge in [0.25, 0.3) is 5.89 Å². The minimum Gasteiger partial charge on any atom is -0.415 e. The van der Waals surface area contributed by atoms with Crippen molar-refractivity contribution in [3.05, 3.63) is 60.4 Å². The first kappa shape index (κ1) is 20.8. The molecule has 0 unspecified atom stereocenters. The second-order valence-electron chi connectivity index (χ2n) is 7.51. The Morgan fingerprint density at radius 2 is 2.06 bits per heavy atom. The Kier molecular flexibility index (Phi) is 5.57. The molecule has 1 fully saturated rings. The molecule has 1 amide bonds. The van der Waals surface area contributed by atoms with Crippen LogP contribution in [-0.2, 0) is 11.3 Å². The summed E-state index contributed by atoms with van der Waals surface area (Å²) >= 11 is 0. The van der Waals surface area contributed by atoms with E-state index in [0.717, 1.165) is 5.56 Å². The molecule has 1 aliphatic rings. The molecule has 0 saturated carbocycles.